The van der Waals surface area contributed by atoms with E-state index in [0.29, 0.717) is 10.3 Å². The molecule has 0 saturated carbocycles. The van der Waals surface area contributed by atoms with Gasteiger partial charge in [0.1, 0.15) is 0 Å². The Labute approximate surface area is 136 Å². The number of anilines is 2. The molecular weight excluding hydrogens is 326 g/mol. The summed E-state index contributed by atoms with van der Waals surface area (Å²) < 4.78 is 1.32. The predicted octanol–water partition coefficient (Wildman–Crippen LogP) is 1.21. The van der Waals surface area contributed by atoms with Gasteiger partial charge in [0.05, 0.1) is 0 Å². The van der Waals surface area contributed by atoms with Gasteiger partial charge >= 0.3 is 0 Å². The Bertz CT molecular complexity index is 641. The highest BCUT2D eigenvalue weighted by atomic mass is 32.2. The lowest BCUT2D eigenvalue weighted by atomic mass is 10.3. The summed E-state index contributed by atoms with van der Waals surface area (Å²) in [5.41, 5.74) is 12.1. The Kier molecular flexibility index (Phi) is 5.31. The molecule has 2 rings (SSSR count). The summed E-state index contributed by atoms with van der Waals surface area (Å²) in [6.07, 6.45) is 1.85. The van der Waals surface area contributed by atoms with Crippen molar-refractivity contribution in [3.8, 4) is 0 Å². The molecule has 21 heavy (non-hydrogen) atoms. The van der Waals surface area contributed by atoms with Gasteiger partial charge in [-0.15, -0.1) is 5.10 Å². The normalized spacial score (nSPS) is 9.95. The van der Waals surface area contributed by atoms with E-state index >= 15 is 0 Å². The van der Waals surface area contributed by atoms with E-state index < -0.39 is 0 Å². The Hall–Kier alpha value is -1.91. The molecule has 110 valence electrons. The predicted molar refractivity (Wildman–Crippen MR) is 93.1 cm³/mol. The fraction of sp³-hybridized carbons (Fsp3) is 0.0909. The van der Waals surface area contributed by atoms with E-state index in [1.165, 1.54) is 16.4 Å². The average Bonchev–Trinajstić information content (AvgIpc) is 2.87. The molecule has 2 aromatic rings. The molecule has 10 heteroatoms. The summed E-state index contributed by atoms with van der Waals surface area (Å²) in [6.45, 7) is 0. The van der Waals surface area contributed by atoms with Gasteiger partial charge in [0.15, 0.2) is 5.11 Å². The van der Waals surface area contributed by atoms with Crippen molar-refractivity contribution in [3.63, 3.8) is 0 Å². The van der Waals surface area contributed by atoms with Crippen molar-refractivity contribution in [3.05, 3.63) is 30.3 Å². The maximum atomic E-state index is 5.72. The zero-order chi connectivity index (χ0) is 15.2. The van der Waals surface area contributed by atoms with Crippen LogP contribution in [-0.4, -0.2) is 31.2 Å². The van der Waals surface area contributed by atoms with Crippen molar-refractivity contribution in [2.75, 3.05) is 17.3 Å². The van der Waals surface area contributed by atoms with Gasteiger partial charge in [0.25, 0.3) is 0 Å². The second-order valence-electron chi connectivity index (χ2n) is 3.74. The molecule has 0 unspecified atom stereocenters. The van der Waals surface area contributed by atoms with Crippen LogP contribution in [0.4, 0.5) is 11.6 Å². The number of benzene rings is 1. The number of hydrogen-bond acceptors (Lipinski definition) is 6. The highest BCUT2D eigenvalue weighted by Gasteiger charge is 2.10. The smallest absolute Gasteiger partial charge is 0.226 e. The number of para-hydroxylation sites is 1. The SMILES string of the molecule is CSc1nc(N)n(C(=S)NNC(=S)Nc2ccccc2)n1. The number of thiocarbonyl (C=S) groups is 2. The van der Waals surface area contributed by atoms with Crippen molar-refractivity contribution in [1.82, 2.24) is 25.6 Å². The standard InChI is InChI=1S/C11H13N7S3/c1-21-10-14-8(12)18(17-10)11(20)16-15-9(19)13-7-5-3-2-4-6-7/h2-6H,1H3,(H,16,20)(H2,12,14,17)(H2,13,15,19). The number of nitrogen functional groups attached to an aromatic ring is 1. The first-order valence-corrected chi connectivity index (χ1v) is 7.83. The lowest BCUT2D eigenvalue weighted by Crippen LogP contribution is -2.45. The number of thioether (sulfide) groups is 1. The first kappa shape index (κ1) is 15.5. The monoisotopic (exact) mass is 339 g/mol. The number of aromatic nitrogens is 3. The topological polar surface area (TPSA) is 92.8 Å². The summed E-state index contributed by atoms with van der Waals surface area (Å²) in [5, 5.41) is 8.28. The molecule has 0 bridgehead atoms. The fourth-order valence-electron chi connectivity index (χ4n) is 1.39. The van der Waals surface area contributed by atoms with Gasteiger partial charge in [-0.3, -0.25) is 10.9 Å². The number of rotatable bonds is 2. The molecule has 0 radical (unpaired) electrons. The van der Waals surface area contributed by atoms with Crippen molar-refractivity contribution in [1.29, 1.82) is 0 Å². The quantitative estimate of drug-likeness (QED) is 0.366. The average molecular weight is 339 g/mol. The number of nitrogens with one attached hydrogen (secondary N) is 3. The second-order valence-corrected chi connectivity index (χ2v) is 5.31. The van der Waals surface area contributed by atoms with Gasteiger partial charge < -0.3 is 11.1 Å². The van der Waals surface area contributed by atoms with Crippen molar-refractivity contribution >= 4 is 58.1 Å². The lowest BCUT2D eigenvalue weighted by Gasteiger charge is -2.13. The molecule has 0 fully saturated rings. The highest BCUT2D eigenvalue weighted by molar-refractivity contribution is 7.98. The molecule has 0 amide bonds. The third-order valence-electron chi connectivity index (χ3n) is 2.30. The molecule has 1 aromatic carbocycles. The van der Waals surface area contributed by atoms with Crippen LogP contribution < -0.4 is 21.9 Å². The van der Waals surface area contributed by atoms with Gasteiger partial charge in [0, 0.05) is 5.69 Å². The molecule has 0 aliphatic carbocycles. The van der Waals surface area contributed by atoms with Crippen LogP contribution in [0.1, 0.15) is 0 Å². The number of hydrogen-bond donors (Lipinski definition) is 4. The first-order chi connectivity index (χ1) is 10.1. The van der Waals surface area contributed by atoms with Crippen LogP contribution in [0.2, 0.25) is 0 Å². The van der Waals surface area contributed by atoms with Crippen molar-refractivity contribution in [2.24, 2.45) is 0 Å². The van der Waals surface area contributed by atoms with Gasteiger partial charge in [-0.2, -0.15) is 9.67 Å². The van der Waals surface area contributed by atoms with Gasteiger partial charge in [-0.25, -0.2) is 0 Å². The summed E-state index contributed by atoms with van der Waals surface area (Å²) in [5.74, 6) is 0.209. The largest absolute Gasteiger partial charge is 0.368 e. The minimum Gasteiger partial charge on any atom is -0.368 e. The number of nitrogens with zero attached hydrogens (tertiary/aromatic N) is 3. The Morgan fingerprint density at radius 3 is 2.57 bits per heavy atom. The van der Waals surface area contributed by atoms with E-state index in [4.69, 9.17) is 30.2 Å². The van der Waals surface area contributed by atoms with Crippen LogP contribution in [0, 0.1) is 0 Å². The Balaban J connectivity index is 1.88. The van der Waals surface area contributed by atoms with E-state index in [1.54, 1.807) is 0 Å². The van der Waals surface area contributed by atoms with Crippen molar-refractivity contribution < 1.29 is 0 Å². The highest BCUT2D eigenvalue weighted by Crippen LogP contribution is 2.10. The zero-order valence-corrected chi connectivity index (χ0v) is 13.5. The summed E-state index contributed by atoms with van der Waals surface area (Å²) in [6, 6.07) is 9.52. The van der Waals surface area contributed by atoms with Crippen LogP contribution in [0.3, 0.4) is 0 Å². The Morgan fingerprint density at radius 1 is 1.24 bits per heavy atom. The summed E-state index contributed by atoms with van der Waals surface area (Å²) in [7, 11) is 0. The van der Waals surface area contributed by atoms with Crippen LogP contribution in [-0.2, 0) is 0 Å². The van der Waals surface area contributed by atoms with Gasteiger partial charge in [0.2, 0.25) is 16.2 Å². The lowest BCUT2D eigenvalue weighted by molar-refractivity contribution is 0.797. The molecule has 7 nitrogen and oxygen atoms in total. The Morgan fingerprint density at radius 2 is 1.95 bits per heavy atom. The van der Waals surface area contributed by atoms with E-state index in [9.17, 15) is 0 Å². The van der Waals surface area contributed by atoms with Crippen LogP contribution in [0.5, 0.6) is 0 Å². The minimum absolute atomic E-state index is 0.209. The third-order valence-corrected chi connectivity index (χ3v) is 3.32. The van der Waals surface area contributed by atoms with Crippen molar-refractivity contribution in [2.45, 2.75) is 5.16 Å². The molecule has 1 aromatic heterocycles. The van der Waals surface area contributed by atoms with E-state index in [-0.39, 0.29) is 11.1 Å². The summed E-state index contributed by atoms with van der Waals surface area (Å²) in [4.78, 5) is 4.03. The molecule has 0 aliphatic heterocycles. The van der Waals surface area contributed by atoms with Crippen LogP contribution in [0.25, 0.3) is 0 Å². The minimum atomic E-state index is 0.209. The maximum absolute atomic E-state index is 5.72. The molecule has 5 N–H and O–H groups in total. The number of nitrogens with two attached hydrogens (primary N) is 1. The van der Waals surface area contributed by atoms with Gasteiger partial charge in [-0.1, -0.05) is 30.0 Å². The van der Waals surface area contributed by atoms with E-state index in [1.807, 2.05) is 36.6 Å². The number of hydrazine groups is 1. The summed E-state index contributed by atoms with van der Waals surface area (Å²) >= 11 is 11.7. The molecule has 0 atom stereocenters. The van der Waals surface area contributed by atoms with Gasteiger partial charge in [-0.05, 0) is 42.8 Å². The van der Waals surface area contributed by atoms with E-state index in [2.05, 4.69) is 26.3 Å². The van der Waals surface area contributed by atoms with Crippen LogP contribution >= 0.6 is 36.2 Å². The zero-order valence-electron chi connectivity index (χ0n) is 11.0. The third kappa shape index (κ3) is 4.28. The first-order valence-electron chi connectivity index (χ1n) is 5.79. The molecular formula is C11H13N7S3. The molecule has 0 saturated heterocycles. The molecule has 0 spiro atoms. The molecule has 1 heterocycles. The molecule has 0 aliphatic rings. The second kappa shape index (κ2) is 7.20. The fourth-order valence-corrected chi connectivity index (χ4v) is 2.09. The van der Waals surface area contributed by atoms with Crippen LogP contribution in [0.15, 0.2) is 35.5 Å². The van der Waals surface area contributed by atoms with E-state index in [0.717, 1.165) is 5.69 Å². The maximum Gasteiger partial charge on any atom is 0.226 e.